The SMILES string of the molecule is O=C(CNc1ccc(-c2ccccc2)cc1)Nc1ccc(F)cc1. The number of hydrogen-bond donors (Lipinski definition) is 2. The lowest BCUT2D eigenvalue weighted by Gasteiger charge is -2.09. The van der Waals surface area contributed by atoms with Crippen LogP contribution in [0.15, 0.2) is 78.9 Å². The lowest BCUT2D eigenvalue weighted by atomic mass is 10.1. The molecular weight excluding hydrogens is 303 g/mol. The molecule has 4 heteroatoms. The summed E-state index contributed by atoms with van der Waals surface area (Å²) in [6, 6.07) is 23.7. The Morgan fingerprint density at radius 2 is 1.33 bits per heavy atom. The van der Waals surface area contributed by atoms with Crippen LogP contribution in [0.1, 0.15) is 0 Å². The van der Waals surface area contributed by atoms with Gasteiger partial charge in [-0.15, -0.1) is 0 Å². The molecule has 0 spiro atoms. The molecule has 24 heavy (non-hydrogen) atoms. The zero-order chi connectivity index (χ0) is 16.8. The molecule has 0 bridgehead atoms. The maximum atomic E-state index is 12.8. The molecule has 3 rings (SSSR count). The summed E-state index contributed by atoms with van der Waals surface area (Å²) in [5.74, 6) is -0.515. The van der Waals surface area contributed by atoms with Gasteiger partial charge in [0.05, 0.1) is 6.54 Å². The topological polar surface area (TPSA) is 41.1 Å². The van der Waals surface area contributed by atoms with Crippen LogP contribution in [-0.4, -0.2) is 12.5 Å². The van der Waals surface area contributed by atoms with Crippen molar-refractivity contribution in [2.45, 2.75) is 0 Å². The van der Waals surface area contributed by atoms with E-state index in [1.165, 1.54) is 24.3 Å². The predicted molar refractivity (Wildman–Crippen MR) is 95.4 cm³/mol. The van der Waals surface area contributed by atoms with Crippen LogP contribution in [0.2, 0.25) is 0 Å². The average molecular weight is 320 g/mol. The van der Waals surface area contributed by atoms with Crippen LogP contribution in [0.5, 0.6) is 0 Å². The second-order valence-corrected chi connectivity index (χ2v) is 5.35. The van der Waals surface area contributed by atoms with Gasteiger partial charge in [0.2, 0.25) is 5.91 Å². The number of hydrogen-bond acceptors (Lipinski definition) is 2. The molecule has 0 saturated heterocycles. The van der Waals surface area contributed by atoms with E-state index < -0.39 is 0 Å². The Hall–Kier alpha value is -3.14. The maximum Gasteiger partial charge on any atom is 0.243 e. The van der Waals surface area contributed by atoms with E-state index in [4.69, 9.17) is 0 Å². The summed E-state index contributed by atoms with van der Waals surface area (Å²) in [6.07, 6.45) is 0. The van der Waals surface area contributed by atoms with E-state index in [-0.39, 0.29) is 18.3 Å². The molecule has 0 fully saturated rings. The number of carbonyl (C=O) groups is 1. The van der Waals surface area contributed by atoms with Gasteiger partial charge in [0.15, 0.2) is 0 Å². The van der Waals surface area contributed by atoms with Crippen LogP contribution >= 0.6 is 0 Å². The summed E-state index contributed by atoms with van der Waals surface area (Å²) in [5, 5.41) is 5.78. The molecule has 3 aromatic carbocycles. The first-order valence-corrected chi connectivity index (χ1v) is 7.65. The zero-order valence-electron chi connectivity index (χ0n) is 13.0. The first-order chi connectivity index (χ1) is 11.7. The number of carbonyl (C=O) groups excluding carboxylic acids is 1. The average Bonchev–Trinajstić information content (AvgIpc) is 2.63. The number of anilines is 2. The van der Waals surface area contributed by atoms with Gasteiger partial charge in [0.1, 0.15) is 5.82 Å². The highest BCUT2D eigenvalue weighted by Gasteiger charge is 2.03. The van der Waals surface area contributed by atoms with E-state index in [1.807, 2.05) is 42.5 Å². The third kappa shape index (κ3) is 4.20. The molecule has 0 aromatic heterocycles. The number of benzene rings is 3. The fraction of sp³-hybridized carbons (Fsp3) is 0.0500. The van der Waals surface area contributed by atoms with E-state index in [1.54, 1.807) is 0 Å². The van der Waals surface area contributed by atoms with Crippen molar-refractivity contribution in [1.82, 2.24) is 0 Å². The molecule has 0 atom stereocenters. The minimum Gasteiger partial charge on any atom is -0.376 e. The van der Waals surface area contributed by atoms with Gasteiger partial charge in [-0.3, -0.25) is 4.79 Å². The van der Waals surface area contributed by atoms with Gasteiger partial charge in [0, 0.05) is 11.4 Å². The third-order valence-corrected chi connectivity index (χ3v) is 3.57. The molecular formula is C20H17FN2O. The van der Waals surface area contributed by atoms with Crippen molar-refractivity contribution < 1.29 is 9.18 Å². The molecule has 0 saturated carbocycles. The summed E-state index contributed by atoms with van der Waals surface area (Å²) in [6.45, 7) is 0.141. The fourth-order valence-electron chi connectivity index (χ4n) is 2.33. The van der Waals surface area contributed by atoms with Gasteiger partial charge in [-0.1, -0.05) is 42.5 Å². The summed E-state index contributed by atoms with van der Waals surface area (Å²) < 4.78 is 12.8. The van der Waals surface area contributed by atoms with E-state index in [0.717, 1.165) is 16.8 Å². The van der Waals surface area contributed by atoms with Crippen LogP contribution < -0.4 is 10.6 Å². The highest BCUT2D eigenvalue weighted by molar-refractivity contribution is 5.93. The Labute approximate surface area is 140 Å². The summed E-state index contributed by atoms with van der Waals surface area (Å²) >= 11 is 0. The van der Waals surface area contributed by atoms with Crippen molar-refractivity contribution in [2.24, 2.45) is 0 Å². The lowest BCUT2D eigenvalue weighted by Crippen LogP contribution is -2.21. The molecule has 1 amide bonds. The molecule has 0 unspecified atom stereocenters. The van der Waals surface area contributed by atoms with Crippen molar-refractivity contribution in [3.05, 3.63) is 84.7 Å². The van der Waals surface area contributed by atoms with E-state index >= 15 is 0 Å². The smallest absolute Gasteiger partial charge is 0.243 e. The Balaban J connectivity index is 1.54. The maximum absolute atomic E-state index is 12.8. The molecule has 0 radical (unpaired) electrons. The number of halogens is 1. The largest absolute Gasteiger partial charge is 0.376 e. The second kappa shape index (κ2) is 7.42. The molecule has 0 heterocycles. The van der Waals surface area contributed by atoms with Crippen molar-refractivity contribution in [1.29, 1.82) is 0 Å². The highest BCUT2D eigenvalue weighted by Crippen LogP contribution is 2.20. The Morgan fingerprint density at radius 1 is 0.750 bits per heavy atom. The Bertz CT molecular complexity index is 799. The summed E-state index contributed by atoms with van der Waals surface area (Å²) in [7, 11) is 0. The number of rotatable bonds is 5. The van der Waals surface area contributed by atoms with Crippen LogP contribution in [0, 0.1) is 5.82 Å². The van der Waals surface area contributed by atoms with E-state index in [2.05, 4.69) is 22.8 Å². The van der Waals surface area contributed by atoms with Crippen molar-refractivity contribution in [3.8, 4) is 11.1 Å². The Kier molecular flexibility index (Phi) is 4.87. The van der Waals surface area contributed by atoms with E-state index in [0.29, 0.717) is 5.69 Å². The number of amides is 1. The summed E-state index contributed by atoms with van der Waals surface area (Å²) in [4.78, 5) is 11.9. The van der Waals surface area contributed by atoms with Crippen LogP contribution in [0.4, 0.5) is 15.8 Å². The van der Waals surface area contributed by atoms with Gasteiger partial charge in [0.25, 0.3) is 0 Å². The van der Waals surface area contributed by atoms with Crippen LogP contribution in [-0.2, 0) is 4.79 Å². The number of nitrogens with one attached hydrogen (secondary N) is 2. The minimum atomic E-state index is -0.329. The van der Waals surface area contributed by atoms with Crippen LogP contribution in [0.25, 0.3) is 11.1 Å². The highest BCUT2D eigenvalue weighted by atomic mass is 19.1. The molecule has 120 valence electrons. The third-order valence-electron chi connectivity index (χ3n) is 3.57. The molecule has 3 aromatic rings. The zero-order valence-corrected chi connectivity index (χ0v) is 13.0. The normalized spacial score (nSPS) is 10.2. The molecule has 2 N–H and O–H groups in total. The molecule has 0 aliphatic carbocycles. The van der Waals surface area contributed by atoms with Gasteiger partial charge in [-0.2, -0.15) is 0 Å². The molecule has 3 nitrogen and oxygen atoms in total. The summed E-state index contributed by atoms with van der Waals surface area (Å²) in [5.41, 5.74) is 3.71. The quantitative estimate of drug-likeness (QED) is 0.724. The molecule has 0 aliphatic heterocycles. The first kappa shape index (κ1) is 15.7. The van der Waals surface area contributed by atoms with Crippen molar-refractivity contribution in [3.63, 3.8) is 0 Å². The second-order valence-electron chi connectivity index (χ2n) is 5.35. The van der Waals surface area contributed by atoms with Crippen molar-refractivity contribution in [2.75, 3.05) is 17.2 Å². The fourth-order valence-corrected chi connectivity index (χ4v) is 2.33. The van der Waals surface area contributed by atoms with Gasteiger partial charge >= 0.3 is 0 Å². The van der Waals surface area contributed by atoms with Gasteiger partial charge in [-0.25, -0.2) is 4.39 Å². The van der Waals surface area contributed by atoms with Gasteiger partial charge in [-0.05, 0) is 47.5 Å². The van der Waals surface area contributed by atoms with E-state index in [9.17, 15) is 9.18 Å². The van der Waals surface area contributed by atoms with Gasteiger partial charge < -0.3 is 10.6 Å². The minimum absolute atomic E-state index is 0.141. The standard InChI is InChI=1S/C20H17FN2O/c21-17-8-12-19(13-9-17)23-20(24)14-22-18-10-6-16(7-11-18)15-4-2-1-3-5-15/h1-13,22H,14H2,(H,23,24). The predicted octanol–water partition coefficient (Wildman–Crippen LogP) is 4.54. The Morgan fingerprint density at radius 3 is 2.00 bits per heavy atom. The first-order valence-electron chi connectivity index (χ1n) is 7.65. The van der Waals surface area contributed by atoms with Crippen LogP contribution in [0.3, 0.4) is 0 Å². The monoisotopic (exact) mass is 320 g/mol. The lowest BCUT2D eigenvalue weighted by molar-refractivity contribution is -0.114. The van der Waals surface area contributed by atoms with Crippen molar-refractivity contribution >= 4 is 17.3 Å². The molecule has 0 aliphatic rings.